The minimum atomic E-state index is -1.77. The van der Waals surface area contributed by atoms with Crippen LogP contribution in [0.5, 0.6) is 0 Å². The van der Waals surface area contributed by atoms with Gasteiger partial charge in [0, 0.05) is 17.4 Å². The second-order valence-electron chi connectivity index (χ2n) is 27.6. The first-order valence-corrected chi connectivity index (χ1v) is 38.9. The standard InChI is InChI=1S/C92H144O3/c1-11-20-29-38-47-56-65-74-86-85(75-83-93)87(10,76-66-57-48-39-30-21-12-2)90(80-70-61-52-43-34-25-16-6)89(86,79-69-60-51-42-33-24-15-5)88(77-67-58-49-40-31-22-13-3,78-68-59-50-41-32-23-14-4)92(82-72-63-54-45-36-27-18-8,95-84-73-64-55-46-37-28-19-9)91(90,94)81-71-62-53-44-35-26-17-7/h11-19,65-74,76-82,84,93-94H,1-9,20-64,75,83H2,10H3/t87?,88?,89-,90-,91+,92+/m1/s1. The maximum atomic E-state index is 16.6. The lowest BCUT2D eigenvalue weighted by Gasteiger charge is -2.55. The van der Waals surface area contributed by atoms with Crippen molar-refractivity contribution in [3.8, 4) is 0 Å². The molecule has 0 aromatic rings. The molecule has 3 nitrogen and oxygen atoms in total. The Morgan fingerprint density at radius 1 is 0.316 bits per heavy atom. The van der Waals surface area contributed by atoms with Gasteiger partial charge in [0.05, 0.1) is 17.1 Å². The Bertz CT molecular complexity index is 2390. The molecule has 2 aliphatic rings. The number of hydrogen-bond acceptors (Lipinski definition) is 3. The molecule has 0 bridgehead atoms. The Kier molecular flexibility index (Phi) is 49.5. The van der Waals surface area contributed by atoms with E-state index in [4.69, 9.17) is 4.74 Å². The van der Waals surface area contributed by atoms with Gasteiger partial charge in [0.2, 0.25) is 0 Å². The van der Waals surface area contributed by atoms with E-state index < -0.39 is 32.9 Å². The SMILES string of the molecule is C=CCCCCCC=CO[C@@]1(C=CCCCCCC=C)C(C=CCCCCCC=C)(C=CCCCCCC=C)[C@@]2(C=CCCCCCC=C)C(C=CCCCCCC=C)=C(CCO)C(C)(C=CCCCCCC=C)[C@@]2(C=CCCCCCC=C)[C@@]1(O)C=CCCCCCC=C. The van der Waals surface area contributed by atoms with Crippen LogP contribution in [-0.4, -0.2) is 28.0 Å². The minimum absolute atomic E-state index is 0.0264. The van der Waals surface area contributed by atoms with Crippen molar-refractivity contribution in [3.05, 3.63) is 235 Å². The van der Waals surface area contributed by atoms with E-state index in [0.29, 0.717) is 6.42 Å². The van der Waals surface area contributed by atoms with Crippen LogP contribution in [0.2, 0.25) is 0 Å². The first-order valence-electron chi connectivity index (χ1n) is 38.9. The molecule has 5 atom stereocenters. The van der Waals surface area contributed by atoms with E-state index >= 15 is 5.11 Å². The Morgan fingerprint density at radius 2 is 0.600 bits per heavy atom. The van der Waals surface area contributed by atoms with Crippen molar-refractivity contribution in [1.82, 2.24) is 0 Å². The molecule has 0 aromatic heterocycles. The van der Waals surface area contributed by atoms with Crippen LogP contribution in [0, 0.1) is 21.7 Å². The molecule has 0 saturated heterocycles. The molecule has 1 fully saturated rings. The number of allylic oxidation sites excluding steroid dienone is 22. The maximum Gasteiger partial charge on any atom is 0.173 e. The van der Waals surface area contributed by atoms with E-state index in [1.54, 1.807) is 0 Å². The summed E-state index contributed by atoms with van der Waals surface area (Å²) in [5.74, 6) is 0. The van der Waals surface area contributed by atoms with Crippen LogP contribution in [0.15, 0.2) is 235 Å². The molecule has 0 spiro atoms. The summed E-state index contributed by atoms with van der Waals surface area (Å²) in [4.78, 5) is 0. The Morgan fingerprint density at radius 3 is 0.947 bits per heavy atom. The minimum Gasteiger partial charge on any atom is -0.486 e. The van der Waals surface area contributed by atoms with E-state index in [2.05, 4.69) is 194 Å². The van der Waals surface area contributed by atoms with Crippen molar-refractivity contribution < 1.29 is 14.9 Å². The smallest absolute Gasteiger partial charge is 0.173 e. The second-order valence-corrected chi connectivity index (χ2v) is 27.6. The molecular formula is C92H144O3. The van der Waals surface area contributed by atoms with Crippen LogP contribution in [0.25, 0.3) is 0 Å². The molecule has 0 aliphatic heterocycles. The number of aliphatic hydroxyl groups is 2. The molecule has 95 heavy (non-hydrogen) atoms. The third-order valence-corrected chi connectivity index (χ3v) is 20.4. The van der Waals surface area contributed by atoms with Gasteiger partial charge in [-0.05, 0) is 255 Å². The van der Waals surface area contributed by atoms with Crippen LogP contribution in [0.3, 0.4) is 0 Å². The predicted octanol–water partition coefficient (Wildman–Crippen LogP) is 28.3. The molecule has 0 radical (unpaired) electrons. The van der Waals surface area contributed by atoms with Crippen molar-refractivity contribution in [3.63, 3.8) is 0 Å². The molecule has 530 valence electrons. The summed E-state index contributed by atoms with van der Waals surface area (Å²) < 4.78 is 8.30. The number of fused-ring (bicyclic) bond motifs is 1. The normalized spacial score (nSPS) is 23.0. The predicted molar refractivity (Wildman–Crippen MR) is 425 cm³/mol. The fraction of sp³-hybridized carbons (Fsp3) is 0.587. The third kappa shape index (κ3) is 26.9. The average molecular weight is 1300 g/mol. The fourth-order valence-electron chi connectivity index (χ4n) is 15.5. The molecule has 0 heterocycles. The highest BCUT2D eigenvalue weighted by Crippen LogP contribution is 2.87. The number of rotatable bonds is 66. The van der Waals surface area contributed by atoms with Gasteiger partial charge in [-0.1, -0.05) is 216 Å². The molecule has 1 saturated carbocycles. The Balaban J connectivity index is 3.98. The van der Waals surface area contributed by atoms with Gasteiger partial charge in [-0.2, -0.15) is 0 Å². The number of aliphatic hydroxyl groups excluding tert-OH is 1. The third-order valence-electron chi connectivity index (χ3n) is 20.4. The molecule has 3 heteroatoms. The zero-order chi connectivity index (χ0) is 69.2. The van der Waals surface area contributed by atoms with E-state index in [-0.39, 0.29) is 6.61 Å². The summed E-state index contributed by atoms with van der Waals surface area (Å²) in [6, 6.07) is 0. The highest BCUT2D eigenvalue weighted by Gasteiger charge is 2.91. The molecule has 2 rings (SSSR count). The monoisotopic (exact) mass is 1300 g/mol. The molecule has 2 aliphatic carbocycles. The highest BCUT2D eigenvalue weighted by atomic mass is 16.5. The molecule has 0 aromatic carbocycles. The summed E-state index contributed by atoms with van der Waals surface area (Å²) >= 11 is 0. The molecule has 0 amide bonds. The van der Waals surface area contributed by atoms with Crippen molar-refractivity contribution in [2.75, 3.05) is 6.61 Å². The van der Waals surface area contributed by atoms with Gasteiger partial charge in [0.1, 0.15) is 5.60 Å². The second kappa shape index (κ2) is 54.7. The van der Waals surface area contributed by atoms with Crippen molar-refractivity contribution in [2.24, 2.45) is 21.7 Å². The first kappa shape index (κ1) is 85.9. The van der Waals surface area contributed by atoms with Crippen molar-refractivity contribution >= 4 is 0 Å². The summed E-state index contributed by atoms with van der Waals surface area (Å²) in [6.07, 6.45) is 109. The van der Waals surface area contributed by atoms with Crippen molar-refractivity contribution in [2.45, 2.75) is 313 Å². The lowest BCUT2D eigenvalue weighted by molar-refractivity contribution is -0.149. The van der Waals surface area contributed by atoms with E-state index in [1.165, 1.54) is 11.1 Å². The molecule has 1 unspecified atom stereocenters. The van der Waals surface area contributed by atoms with E-state index in [1.807, 2.05) is 36.6 Å². The Hall–Kier alpha value is -5.22. The van der Waals surface area contributed by atoms with Crippen LogP contribution in [0.4, 0.5) is 0 Å². The van der Waals surface area contributed by atoms with Gasteiger partial charge in [-0.15, -0.1) is 59.2 Å². The van der Waals surface area contributed by atoms with Gasteiger partial charge in [-0.3, -0.25) is 0 Å². The van der Waals surface area contributed by atoms with E-state index in [0.717, 1.165) is 289 Å². The highest BCUT2D eigenvalue weighted by molar-refractivity contribution is 5.68. The van der Waals surface area contributed by atoms with Crippen LogP contribution in [0.1, 0.15) is 302 Å². The first-order chi connectivity index (χ1) is 46.6. The topological polar surface area (TPSA) is 49.7 Å². The maximum absolute atomic E-state index is 16.6. The van der Waals surface area contributed by atoms with Crippen molar-refractivity contribution in [1.29, 1.82) is 0 Å². The van der Waals surface area contributed by atoms with Gasteiger partial charge in [-0.25, -0.2) is 0 Å². The lowest BCUT2D eigenvalue weighted by atomic mass is 9.47. The van der Waals surface area contributed by atoms with Crippen LogP contribution >= 0.6 is 0 Å². The van der Waals surface area contributed by atoms with Gasteiger partial charge in [0.15, 0.2) is 5.60 Å². The average Bonchev–Trinajstić information content (AvgIpc) is 1.44. The zero-order valence-electron chi connectivity index (χ0n) is 61.5. The number of hydrogen-bond donors (Lipinski definition) is 2. The van der Waals surface area contributed by atoms with Crippen LogP contribution < -0.4 is 0 Å². The van der Waals surface area contributed by atoms with E-state index in [9.17, 15) is 5.11 Å². The summed E-state index contributed by atoms with van der Waals surface area (Å²) in [5.41, 5.74) is -5.05. The van der Waals surface area contributed by atoms with Gasteiger partial charge >= 0.3 is 0 Å². The number of ether oxygens (including phenoxy) is 1. The zero-order valence-corrected chi connectivity index (χ0v) is 61.5. The quantitative estimate of drug-likeness (QED) is 0.0362. The molecular weight excluding hydrogens is 1150 g/mol. The summed E-state index contributed by atoms with van der Waals surface area (Å²) in [7, 11) is 0. The summed E-state index contributed by atoms with van der Waals surface area (Å²) in [5, 5.41) is 28.6. The van der Waals surface area contributed by atoms with Gasteiger partial charge in [0.25, 0.3) is 0 Å². The lowest BCUT2D eigenvalue weighted by Crippen LogP contribution is -2.63. The Labute approximate surface area is 588 Å². The van der Waals surface area contributed by atoms with Crippen LogP contribution in [-0.2, 0) is 4.74 Å². The largest absolute Gasteiger partial charge is 0.486 e. The molecule has 2 N–H and O–H groups in total. The number of unbranched alkanes of at least 4 members (excludes halogenated alkanes) is 36. The van der Waals surface area contributed by atoms with Gasteiger partial charge < -0.3 is 14.9 Å². The summed E-state index contributed by atoms with van der Waals surface area (Å²) in [6.45, 7) is 39.2. The fourth-order valence-corrected chi connectivity index (χ4v) is 15.5.